The molecule has 7 nitrogen and oxygen atoms in total. The Hall–Kier alpha value is -2.65. The van der Waals surface area contributed by atoms with Crippen LogP contribution in [0.25, 0.3) is 10.2 Å². The van der Waals surface area contributed by atoms with Crippen LogP contribution in [-0.4, -0.2) is 51.6 Å². The SMILES string of the molecule is NC(=O)c1cc(OC2CCCN(C(=O)CSc3nc4ccccc4s3)C2)ccn1. The van der Waals surface area contributed by atoms with Gasteiger partial charge in [-0.2, -0.15) is 0 Å². The van der Waals surface area contributed by atoms with Gasteiger partial charge in [-0.1, -0.05) is 23.9 Å². The number of hydrogen-bond acceptors (Lipinski definition) is 7. The lowest BCUT2D eigenvalue weighted by Crippen LogP contribution is -2.45. The molecule has 1 aromatic carbocycles. The second kappa shape index (κ2) is 8.79. The first-order chi connectivity index (χ1) is 14.1. The van der Waals surface area contributed by atoms with Gasteiger partial charge in [-0.05, 0) is 31.0 Å². The van der Waals surface area contributed by atoms with Gasteiger partial charge in [0.15, 0.2) is 4.34 Å². The van der Waals surface area contributed by atoms with Crippen molar-refractivity contribution in [1.29, 1.82) is 0 Å². The zero-order valence-corrected chi connectivity index (χ0v) is 17.2. The molecule has 3 aromatic rings. The molecule has 1 atom stereocenters. The first-order valence-corrected chi connectivity index (χ1v) is 11.1. The molecule has 0 saturated carbocycles. The van der Waals surface area contributed by atoms with Crippen LogP contribution in [0.4, 0.5) is 0 Å². The third-order valence-corrected chi connectivity index (χ3v) is 6.77. The van der Waals surface area contributed by atoms with Crippen molar-refractivity contribution in [2.45, 2.75) is 23.3 Å². The number of nitrogens with two attached hydrogens (primary N) is 1. The molecule has 150 valence electrons. The fourth-order valence-electron chi connectivity index (χ4n) is 3.20. The Morgan fingerprint density at radius 3 is 3.00 bits per heavy atom. The lowest BCUT2D eigenvalue weighted by atomic mass is 10.1. The molecule has 0 aliphatic carbocycles. The van der Waals surface area contributed by atoms with Gasteiger partial charge < -0.3 is 15.4 Å². The molecule has 3 heterocycles. The number of carbonyl (C=O) groups is 2. The Morgan fingerprint density at radius 1 is 1.31 bits per heavy atom. The van der Waals surface area contributed by atoms with E-state index in [9.17, 15) is 9.59 Å². The van der Waals surface area contributed by atoms with Crippen molar-refractivity contribution in [2.24, 2.45) is 5.73 Å². The number of aromatic nitrogens is 2. The van der Waals surface area contributed by atoms with Crippen LogP contribution in [0.5, 0.6) is 5.75 Å². The fraction of sp³-hybridized carbons (Fsp3) is 0.300. The van der Waals surface area contributed by atoms with E-state index in [0.29, 0.717) is 18.0 Å². The molecule has 0 spiro atoms. The van der Waals surface area contributed by atoms with Crippen molar-refractivity contribution in [3.63, 3.8) is 0 Å². The molecule has 1 aliphatic heterocycles. The van der Waals surface area contributed by atoms with Crippen LogP contribution in [0.3, 0.4) is 0 Å². The minimum absolute atomic E-state index is 0.0788. The van der Waals surface area contributed by atoms with E-state index in [2.05, 4.69) is 9.97 Å². The number of hydrogen-bond donors (Lipinski definition) is 1. The lowest BCUT2D eigenvalue weighted by Gasteiger charge is -2.32. The summed E-state index contributed by atoms with van der Waals surface area (Å²) in [5.74, 6) is 0.378. The number of pyridine rings is 1. The highest BCUT2D eigenvalue weighted by Gasteiger charge is 2.25. The van der Waals surface area contributed by atoms with Gasteiger partial charge in [-0.25, -0.2) is 4.98 Å². The Kier molecular flexibility index (Phi) is 5.96. The summed E-state index contributed by atoms with van der Waals surface area (Å²) in [6.07, 6.45) is 3.10. The summed E-state index contributed by atoms with van der Waals surface area (Å²) in [5, 5.41) is 0. The lowest BCUT2D eigenvalue weighted by molar-refractivity contribution is -0.130. The largest absolute Gasteiger partial charge is 0.488 e. The van der Waals surface area contributed by atoms with Gasteiger partial charge in [-0.3, -0.25) is 14.6 Å². The summed E-state index contributed by atoms with van der Waals surface area (Å²) in [5.41, 5.74) is 6.40. The molecule has 1 aliphatic rings. The maximum absolute atomic E-state index is 12.7. The molecule has 1 fully saturated rings. The van der Waals surface area contributed by atoms with E-state index in [1.54, 1.807) is 17.4 Å². The van der Waals surface area contributed by atoms with Crippen molar-refractivity contribution in [1.82, 2.24) is 14.9 Å². The van der Waals surface area contributed by atoms with Crippen LogP contribution in [0, 0.1) is 0 Å². The normalized spacial score (nSPS) is 16.7. The zero-order valence-electron chi connectivity index (χ0n) is 15.6. The van der Waals surface area contributed by atoms with Gasteiger partial charge >= 0.3 is 0 Å². The molecule has 2 N–H and O–H groups in total. The second-order valence-electron chi connectivity index (χ2n) is 6.70. The van der Waals surface area contributed by atoms with Crippen molar-refractivity contribution >= 4 is 45.1 Å². The number of nitrogens with zero attached hydrogens (tertiary/aromatic N) is 3. The van der Waals surface area contributed by atoms with Gasteiger partial charge in [0.2, 0.25) is 5.91 Å². The Morgan fingerprint density at radius 2 is 2.17 bits per heavy atom. The van der Waals surface area contributed by atoms with Crippen LogP contribution in [0.2, 0.25) is 0 Å². The third-order valence-electron chi connectivity index (χ3n) is 4.61. The highest BCUT2D eigenvalue weighted by atomic mass is 32.2. The van der Waals surface area contributed by atoms with Crippen LogP contribution < -0.4 is 10.5 Å². The standard InChI is InChI=1S/C20H20N4O3S2/c21-19(26)16-10-13(7-8-22-16)27-14-4-3-9-24(11-14)18(25)12-28-20-23-15-5-1-2-6-17(15)29-20/h1-2,5-8,10,14H,3-4,9,11-12H2,(H2,21,26). The molecule has 1 unspecified atom stereocenters. The first-order valence-electron chi connectivity index (χ1n) is 9.27. The Labute approximate surface area is 176 Å². The van der Waals surface area contributed by atoms with E-state index in [1.165, 1.54) is 24.0 Å². The van der Waals surface area contributed by atoms with E-state index >= 15 is 0 Å². The van der Waals surface area contributed by atoms with Crippen LogP contribution in [0.15, 0.2) is 46.9 Å². The highest BCUT2D eigenvalue weighted by Crippen LogP contribution is 2.29. The summed E-state index contributed by atoms with van der Waals surface area (Å²) in [6.45, 7) is 1.25. The summed E-state index contributed by atoms with van der Waals surface area (Å²) < 4.78 is 8.00. The van der Waals surface area contributed by atoms with Gasteiger partial charge in [0.05, 0.1) is 22.5 Å². The molecular weight excluding hydrogens is 408 g/mol. The van der Waals surface area contributed by atoms with Gasteiger partial charge in [0.1, 0.15) is 17.5 Å². The van der Waals surface area contributed by atoms with E-state index in [4.69, 9.17) is 10.5 Å². The minimum Gasteiger partial charge on any atom is -0.488 e. The number of ether oxygens (including phenoxy) is 1. The van der Waals surface area contributed by atoms with Gasteiger partial charge in [-0.15, -0.1) is 11.3 Å². The number of primary amides is 1. The molecule has 4 rings (SSSR count). The molecule has 1 saturated heterocycles. The van der Waals surface area contributed by atoms with Crippen molar-refractivity contribution in [3.8, 4) is 5.75 Å². The molecule has 2 amide bonds. The summed E-state index contributed by atoms with van der Waals surface area (Å²) in [6, 6.07) is 11.2. The van der Waals surface area contributed by atoms with Crippen molar-refractivity contribution in [3.05, 3.63) is 48.3 Å². The number of carbonyl (C=O) groups excluding carboxylic acids is 2. The average molecular weight is 429 g/mol. The number of fused-ring (bicyclic) bond motifs is 1. The van der Waals surface area contributed by atoms with Gasteiger partial charge in [0.25, 0.3) is 5.91 Å². The number of piperidine rings is 1. The summed E-state index contributed by atoms with van der Waals surface area (Å²) in [4.78, 5) is 34.3. The van der Waals surface area contributed by atoms with E-state index < -0.39 is 5.91 Å². The maximum Gasteiger partial charge on any atom is 0.267 e. The monoisotopic (exact) mass is 428 g/mol. The quantitative estimate of drug-likeness (QED) is 0.606. The molecule has 2 aromatic heterocycles. The molecule has 9 heteroatoms. The molecular formula is C20H20N4O3S2. The summed E-state index contributed by atoms with van der Waals surface area (Å²) in [7, 11) is 0. The maximum atomic E-state index is 12.7. The number of amides is 2. The van der Waals surface area contributed by atoms with Crippen LogP contribution in [-0.2, 0) is 4.79 Å². The highest BCUT2D eigenvalue weighted by molar-refractivity contribution is 8.01. The summed E-state index contributed by atoms with van der Waals surface area (Å²) >= 11 is 3.08. The second-order valence-corrected chi connectivity index (χ2v) is 8.95. The zero-order chi connectivity index (χ0) is 20.2. The first kappa shape index (κ1) is 19.7. The van der Waals surface area contributed by atoms with E-state index in [0.717, 1.165) is 33.9 Å². The molecule has 29 heavy (non-hydrogen) atoms. The van der Waals surface area contributed by atoms with Crippen molar-refractivity contribution < 1.29 is 14.3 Å². The number of thiazole rings is 1. The van der Waals surface area contributed by atoms with Gasteiger partial charge in [0, 0.05) is 18.8 Å². The predicted molar refractivity (Wildman–Crippen MR) is 113 cm³/mol. The van der Waals surface area contributed by atoms with Crippen molar-refractivity contribution in [2.75, 3.05) is 18.8 Å². The Bertz CT molecular complexity index is 1010. The Balaban J connectivity index is 1.33. The number of rotatable bonds is 6. The predicted octanol–water partition coefficient (Wildman–Crippen LogP) is 2.95. The number of likely N-dealkylation sites (tertiary alicyclic amines) is 1. The fourth-order valence-corrected chi connectivity index (χ4v) is 5.17. The van der Waals surface area contributed by atoms with Crippen LogP contribution >= 0.6 is 23.1 Å². The van der Waals surface area contributed by atoms with E-state index in [1.807, 2.05) is 29.2 Å². The minimum atomic E-state index is -0.595. The number of para-hydroxylation sites is 1. The average Bonchev–Trinajstić information content (AvgIpc) is 3.15. The topological polar surface area (TPSA) is 98.4 Å². The van der Waals surface area contributed by atoms with E-state index in [-0.39, 0.29) is 17.7 Å². The number of thioether (sulfide) groups is 1. The number of benzene rings is 1. The molecule has 0 bridgehead atoms. The smallest absolute Gasteiger partial charge is 0.267 e. The molecule has 0 radical (unpaired) electrons. The third kappa shape index (κ3) is 4.86. The van der Waals surface area contributed by atoms with Crippen LogP contribution in [0.1, 0.15) is 23.3 Å².